The predicted molar refractivity (Wildman–Crippen MR) is 111 cm³/mol. The summed E-state index contributed by atoms with van der Waals surface area (Å²) in [6.45, 7) is 5.28. The highest BCUT2D eigenvalue weighted by Gasteiger charge is 2.21. The first-order chi connectivity index (χ1) is 13.7. The Bertz CT molecular complexity index is 1080. The third-order valence-electron chi connectivity index (χ3n) is 4.37. The molecule has 0 saturated heterocycles. The number of aromatic amines is 1. The molecule has 0 spiro atoms. The first kappa shape index (κ1) is 20.8. The number of amides is 1. The number of nitrogens with one attached hydrogen (secondary N) is 2. The molecule has 0 bridgehead atoms. The van der Waals surface area contributed by atoms with Crippen LogP contribution in [-0.4, -0.2) is 20.7 Å². The van der Waals surface area contributed by atoms with Crippen molar-refractivity contribution >= 4 is 17.5 Å². The number of alkyl halides is 1. The highest BCUT2D eigenvalue weighted by atomic mass is 35.5. The molecule has 0 aliphatic rings. The molecule has 0 fully saturated rings. The van der Waals surface area contributed by atoms with Crippen LogP contribution in [0.2, 0.25) is 5.02 Å². The van der Waals surface area contributed by atoms with Gasteiger partial charge in [0.15, 0.2) is 5.82 Å². The first-order valence-electron chi connectivity index (χ1n) is 9.11. The van der Waals surface area contributed by atoms with E-state index in [1.165, 1.54) is 4.68 Å². The molecule has 0 aliphatic carbocycles. The lowest BCUT2D eigenvalue weighted by atomic mass is 9.95. The molecule has 8 heteroatoms. The summed E-state index contributed by atoms with van der Waals surface area (Å²) < 4.78 is 13.9. The Balaban J connectivity index is 1.88. The number of hydrogen-bond donors (Lipinski definition) is 2. The summed E-state index contributed by atoms with van der Waals surface area (Å²) in [4.78, 5) is 27.1. The molecular formula is C21H22ClFN4O2. The van der Waals surface area contributed by atoms with Gasteiger partial charge < -0.3 is 5.32 Å². The summed E-state index contributed by atoms with van der Waals surface area (Å²) in [5.41, 5.74) is 1.48. The summed E-state index contributed by atoms with van der Waals surface area (Å²) >= 11 is 6.31. The van der Waals surface area contributed by atoms with Crippen LogP contribution < -0.4 is 11.0 Å². The molecule has 152 valence electrons. The fourth-order valence-corrected chi connectivity index (χ4v) is 2.87. The van der Waals surface area contributed by atoms with Crippen LogP contribution in [0.15, 0.2) is 47.3 Å². The molecule has 2 N–H and O–H groups in total. The molecule has 1 heterocycles. The smallest absolute Gasteiger partial charge is 0.348 e. The molecule has 0 atom stereocenters. The molecule has 1 amide bonds. The second kappa shape index (κ2) is 8.21. The molecule has 29 heavy (non-hydrogen) atoms. The van der Waals surface area contributed by atoms with E-state index in [-0.39, 0.29) is 5.91 Å². The molecule has 3 rings (SSSR count). The Hall–Kier alpha value is -2.93. The van der Waals surface area contributed by atoms with Crippen molar-refractivity contribution in [2.75, 3.05) is 0 Å². The van der Waals surface area contributed by atoms with E-state index in [0.717, 1.165) is 5.56 Å². The second-order valence-electron chi connectivity index (χ2n) is 7.74. The quantitative estimate of drug-likeness (QED) is 0.659. The monoisotopic (exact) mass is 416 g/mol. The lowest BCUT2D eigenvalue weighted by molar-refractivity contribution is -0.128. The Kier molecular flexibility index (Phi) is 5.88. The highest BCUT2D eigenvalue weighted by molar-refractivity contribution is 6.33. The van der Waals surface area contributed by atoms with Gasteiger partial charge in [-0.3, -0.25) is 9.78 Å². The van der Waals surface area contributed by atoms with Gasteiger partial charge in [0, 0.05) is 17.5 Å². The van der Waals surface area contributed by atoms with Crippen molar-refractivity contribution in [3.8, 4) is 17.1 Å². The topological polar surface area (TPSA) is 79.8 Å². The molecular weight excluding hydrogens is 395 g/mol. The van der Waals surface area contributed by atoms with Gasteiger partial charge in [0.25, 0.3) is 0 Å². The number of nitrogens with zero attached hydrogens (tertiary/aromatic N) is 2. The van der Waals surface area contributed by atoms with Crippen molar-refractivity contribution in [3.63, 3.8) is 0 Å². The molecule has 6 nitrogen and oxygen atoms in total. The number of halogens is 2. The van der Waals surface area contributed by atoms with Crippen LogP contribution in [0.3, 0.4) is 0 Å². The van der Waals surface area contributed by atoms with Crippen LogP contribution in [0.25, 0.3) is 17.1 Å². The molecule has 3 aromatic rings. The number of hydrogen-bond acceptors (Lipinski definition) is 3. The van der Waals surface area contributed by atoms with Gasteiger partial charge in [-0.2, -0.15) is 4.68 Å². The summed E-state index contributed by atoms with van der Waals surface area (Å²) in [7, 11) is 0. The minimum absolute atomic E-state index is 0.0663. The maximum Gasteiger partial charge on any atom is 0.348 e. The fourth-order valence-electron chi connectivity index (χ4n) is 2.66. The number of H-pyrrole nitrogens is 1. The summed E-state index contributed by atoms with van der Waals surface area (Å²) in [5, 5.41) is 7.63. The van der Waals surface area contributed by atoms with E-state index in [0.29, 0.717) is 34.2 Å². The van der Waals surface area contributed by atoms with Crippen LogP contribution in [0.1, 0.15) is 31.9 Å². The number of benzene rings is 2. The van der Waals surface area contributed by atoms with Crippen molar-refractivity contribution in [2.24, 2.45) is 5.41 Å². The highest BCUT2D eigenvalue weighted by Crippen LogP contribution is 2.26. The zero-order chi connectivity index (χ0) is 21.2. The van der Waals surface area contributed by atoms with Crippen molar-refractivity contribution in [1.82, 2.24) is 20.1 Å². The normalized spacial score (nSPS) is 11.5. The average Bonchev–Trinajstić information content (AvgIpc) is 3.07. The molecule has 2 aromatic carbocycles. The van der Waals surface area contributed by atoms with Gasteiger partial charge in [-0.05, 0) is 35.4 Å². The number of carbonyl (C=O) groups excluding carboxylic acids is 1. The van der Waals surface area contributed by atoms with Crippen LogP contribution in [0.4, 0.5) is 4.39 Å². The van der Waals surface area contributed by atoms with Crippen molar-refractivity contribution in [3.05, 3.63) is 69.1 Å². The number of rotatable bonds is 5. The van der Waals surface area contributed by atoms with Gasteiger partial charge in [-0.25, -0.2) is 9.18 Å². The molecule has 0 aliphatic heterocycles. The SMILES string of the molecule is CC(C)(C)C(=O)NCc1ccc(Cl)c(-c2nn(-c3ccc(CF)cc3)c(=O)[nH]2)c1. The average molecular weight is 417 g/mol. The van der Waals surface area contributed by atoms with Gasteiger partial charge in [0.2, 0.25) is 5.91 Å². The lowest BCUT2D eigenvalue weighted by Crippen LogP contribution is -2.34. The zero-order valence-electron chi connectivity index (χ0n) is 16.4. The van der Waals surface area contributed by atoms with Crippen LogP contribution >= 0.6 is 11.6 Å². The van der Waals surface area contributed by atoms with E-state index in [4.69, 9.17) is 11.6 Å². The van der Waals surface area contributed by atoms with E-state index in [2.05, 4.69) is 15.4 Å². The lowest BCUT2D eigenvalue weighted by Gasteiger charge is -2.17. The van der Waals surface area contributed by atoms with Gasteiger partial charge in [-0.15, -0.1) is 5.10 Å². The van der Waals surface area contributed by atoms with E-state index in [9.17, 15) is 14.0 Å². The Morgan fingerprint density at radius 3 is 2.45 bits per heavy atom. The van der Waals surface area contributed by atoms with Crippen LogP contribution in [0, 0.1) is 5.41 Å². The van der Waals surface area contributed by atoms with Crippen LogP contribution in [0.5, 0.6) is 0 Å². The van der Waals surface area contributed by atoms with Crippen molar-refractivity contribution in [2.45, 2.75) is 34.0 Å². The van der Waals surface area contributed by atoms with Crippen molar-refractivity contribution in [1.29, 1.82) is 0 Å². The second-order valence-corrected chi connectivity index (χ2v) is 8.14. The van der Waals surface area contributed by atoms with Gasteiger partial charge in [-0.1, -0.05) is 50.6 Å². The maximum absolute atomic E-state index is 12.7. The van der Waals surface area contributed by atoms with Crippen LogP contribution in [-0.2, 0) is 18.0 Å². The van der Waals surface area contributed by atoms with E-state index >= 15 is 0 Å². The predicted octanol–water partition coefficient (Wildman–Crippen LogP) is 4.01. The molecule has 0 saturated carbocycles. The standard InChI is InChI=1S/C21H22ClFN4O2/c1-21(2,3)19(28)24-12-14-6-9-17(22)16(10-14)18-25-20(29)27(26-18)15-7-4-13(11-23)5-8-15/h4-10H,11-12H2,1-3H3,(H,24,28)(H,25,26,29). The molecule has 0 unspecified atom stereocenters. The minimum atomic E-state index is -0.574. The fraction of sp³-hybridized carbons (Fsp3) is 0.286. The van der Waals surface area contributed by atoms with Gasteiger partial charge in [0.1, 0.15) is 6.67 Å². The third-order valence-corrected chi connectivity index (χ3v) is 4.70. The largest absolute Gasteiger partial charge is 0.352 e. The van der Waals surface area contributed by atoms with E-state index < -0.39 is 17.8 Å². The Morgan fingerprint density at radius 2 is 1.83 bits per heavy atom. The number of carbonyl (C=O) groups is 1. The van der Waals surface area contributed by atoms with E-state index in [1.54, 1.807) is 42.5 Å². The minimum Gasteiger partial charge on any atom is -0.352 e. The molecule has 1 aromatic heterocycles. The van der Waals surface area contributed by atoms with Crippen molar-refractivity contribution < 1.29 is 9.18 Å². The van der Waals surface area contributed by atoms with Gasteiger partial charge in [0.05, 0.1) is 10.7 Å². The maximum atomic E-state index is 12.7. The zero-order valence-corrected chi connectivity index (χ0v) is 17.2. The molecule has 0 radical (unpaired) electrons. The Morgan fingerprint density at radius 1 is 1.17 bits per heavy atom. The Labute approximate surface area is 172 Å². The number of aromatic nitrogens is 3. The summed E-state index contributed by atoms with van der Waals surface area (Å²) in [6.07, 6.45) is 0. The first-order valence-corrected chi connectivity index (χ1v) is 9.48. The third kappa shape index (κ3) is 4.74. The van der Waals surface area contributed by atoms with Gasteiger partial charge >= 0.3 is 5.69 Å². The van der Waals surface area contributed by atoms with E-state index in [1.807, 2.05) is 20.8 Å². The summed E-state index contributed by atoms with van der Waals surface area (Å²) in [5.74, 6) is 0.238. The summed E-state index contributed by atoms with van der Waals surface area (Å²) in [6, 6.07) is 11.7.